The smallest absolute Gasteiger partial charge is 0.309 e. The molecule has 1 aromatic carbocycles. The maximum absolute atomic E-state index is 11.8. The topological polar surface area (TPSA) is 101 Å². The van der Waals surface area contributed by atoms with Crippen LogP contribution in [-0.2, 0) is 19.4 Å². The number of carboxylic acid groups (broad SMARTS) is 1. The van der Waals surface area contributed by atoms with Crippen LogP contribution in [-0.4, -0.2) is 31.7 Å². The summed E-state index contributed by atoms with van der Waals surface area (Å²) in [4.78, 5) is 22.8. The number of carbonyl (C=O) groups is 2. The van der Waals surface area contributed by atoms with Crippen LogP contribution in [0.2, 0.25) is 0 Å². The van der Waals surface area contributed by atoms with E-state index in [1.54, 1.807) is 6.07 Å². The Balaban J connectivity index is 2.85. The van der Waals surface area contributed by atoms with Crippen molar-refractivity contribution in [3.63, 3.8) is 0 Å². The zero-order valence-corrected chi connectivity index (χ0v) is 12.3. The molecule has 0 aromatic heterocycles. The second-order valence-electron chi connectivity index (χ2n) is 5.21. The van der Waals surface area contributed by atoms with Crippen LogP contribution in [0.1, 0.15) is 20.3 Å². The number of carbonyl (C=O) groups excluding carboxylic acids is 1. The second kappa shape index (κ2) is 5.62. The van der Waals surface area contributed by atoms with Gasteiger partial charge in [-0.05, 0) is 32.0 Å². The van der Waals surface area contributed by atoms with Crippen LogP contribution in [0.15, 0.2) is 29.2 Å². The van der Waals surface area contributed by atoms with Crippen molar-refractivity contribution in [1.82, 2.24) is 0 Å². The second-order valence-corrected chi connectivity index (χ2v) is 7.23. The molecule has 1 rings (SSSR count). The van der Waals surface area contributed by atoms with Crippen LogP contribution in [0, 0.1) is 5.41 Å². The predicted octanol–water partition coefficient (Wildman–Crippen LogP) is 1.53. The summed E-state index contributed by atoms with van der Waals surface area (Å²) in [5.41, 5.74) is -0.863. The van der Waals surface area contributed by atoms with E-state index >= 15 is 0 Å². The van der Waals surface area contributed by atoms with Crippen molar-refractivity contribution in [2.24, 2.45) is 5.41 Å². The number of carboxylic acids is 1. The summed E-state index contributed by atoms with van der Waals surface area (Å²) < 4.78 is 22.8. The maximum atomic E-state index is 11.8. The molecule has 6 nitrogen and oxygen atoms in total. The molecular weight excluding hydrogens is 282 g/mol. The van der Waals surface area contributed by atoms with Crippen molar-refractivity contribution in [1.29, 1.82) is 0 Å². The Morgan fingerprint density at radius 1 is 1.30 bits per heavy atom. The Hall–Kier alpha value is -1.89. The van der Waals surface area contributed by atoms with E-state index in [0.29, 0.717) is 5.69 Å². The summed E-state index contributed by atoms with van der Waals surface area (Å²) in [6.07, 6.45) is 0.868. The first-order valence-electron chi connectivity index (χ1n) is 5.86. The van der Waals surface area contributed by atoms with Crippen LogP contribution in [0.5, 0.6) is 0 Å². The Labute approximate surface area is 117 Å². The van der Waals surface area contributed by atoms with Crippen molar-refractivity contribution in [2.45, 2.75) is 25.2 Å². The summed E-state index contributed by atoms with van der Waals surface area (Å²) in [5, 5.41) is 11.4. The number of benzene rings is 1. The van der Waals surface area contributed by atoms with Crippen LogP contribution in [0.25, 0.3) is 0 Å². The highest BCUT2D eigenvalue weighted by Crippen LogP contribution is 2.22. The number of nitrogens with one attached hydrogen (secondary N) is 1. The Bertz CT molecular complexity index is 634. The molecule has 0 spiro atoms. The highest BCUT2D eigenvalue weighted by molar-refractivity contribution is 7.90. The van der Waals surface area contributed by atoms with Gasteiger partial charge < -0.3 is 10.4 Å². The molecule has 110 valence electrons. The van der Waals surface area contributed by atoms with E-state index in [9.17, 15) is 18.0 Å². The monoisotopic (exact) mass is 299 g/mol. The van der Waals surface area contributed by atoms with Crippen LogP contribution in [0.3, 0.4) is 0 Å². The van der Waals surface area contributed by atoms with E-state index in [-0.39, 0.29) is 11.3 Å². The van der Waals surface area contributed by atoms with E-state index in [1.165, 1.54) is 32.0 Å². The molecule has 0 saturated carbocycles. The fourth-order valence-electron chi connectivity index (χ4n) is 1.49. The van der Waals surface area contributed by atoms with E-state index in [4.69, 9.17) is 5.11 Å². The van der Waals surface area contributed by atoms with Gasteiger partial charge in [-0.15, -0.1) is 0 Å². The first-order chi connectivity index (χ1) is 9.02. The van der Waals surface area contributed by atoms with Crippen molar-refractivity contribution >= 4 is 27.4 Å². The molecule has 0 atom stereocenters. The molecule has 0 fully saturated rings. The van der Waals surface area contributed by atoms with Crippen LogP contribution < -0.4 is 5.32 Å². The molecule has 7 heteroatoms. The Morgan fingerprint density at radius 2 is 1.90 bits per heavy atom. The minimum absolute atomic E-state index is 0.0906. The number of aliphatic carboxylic acids is 1. The molecule has 0 radical (unpaired) electrons. The third-order valence-electron chi connectivity index (χ3n) is 2.73. The quantitative estimate of drug-likeness (QED) is 0.858. The average Bonchev–Trinajstić information content (AvgIpc) is 2.26. The first-order valence-corrected chi connectivity index (χ1v) is 7.75. The van der Waals surface area contributed by atoms with Gasteiger partial charge in [-0.3, -0.25) is 9.59 Å². The summed E-state index contributed by atoms with van der Waals surface area (Å²) in [5.74, 6) is -1.56. The number of rotatable bonds is 5. The molecule has 0 saturated heterocycles. The SMILES string of the molecule is CC(C)(CC(=O)Nc1cccc(S(C)(=O)=O)c1)C(=O)O. The normalized spacial score (nSPS) is 11.9. The Morgan fingerprint density at radius 3 is 2.40 bits per heavy atom. The largest absolute Gasteiger partial charge is 0.481 e. The lowest BCUT2D eigenvalue weighted by Gasteiger charge is -2.18. The van der Waals surface area contributed by atoms with E-state index in [0.717, 1.165) is 6.26 Å². The molecule has 0 unspecified atom stereocenters. The van der Waals surface area contributed by atoms with E-state index < -0.39 is 27.1 Å². The van der Waals surface area contributed by atoms with Gasteiger partial charge in [0, 0.05) is 18.4 Å². The highest BCUT2D eigenvalue weighted by atomic mass is 32.2. The van der Waals surface area contributed by atoms with E-state index in [2.05, 4.69) is 5.32 Å². The molecule has 0 heterocycles. The molecule has 0 bridgehead atoms. The van der Waals surface area contributed by atoms with Gasteiger partial charge in [-0.1, -0.05) is 6.07 Å². The summed E-state index contributed by atoms with van der Waals surface area (Å²) >= 11 is 0. The van der Waals surface area contributed by atoms with Crippen molar-refractivity contribution in [2.75, 3.05) is 11.6 Å². The lowest BCUT2D eigenvalue weighted by atomic mass is 9.89. The lowest BCUT2D eigenvalue weighted by Crippen LogP contribution is -2.29. The third kappa shape index (κ3) is 4.34. The fraction of sp³-hybridized carbons (Fsp3) is 0.385. The third-order valence-corrected chi connectivity index (χ3v) is 3.84. The van der Waals surface area contributed by atoms with Crippen LogP contribution >= 0.6 is 0 Å². The van der Waals surface area contributed by atoms with Gasteiger partial charge >= 0.3 is 5.97 Å². The van der Waals surface area contributed by atoms with Gasteiger partial charge in [0.05, 0.1) is 10.3 Å². The lowest BCUT2D eigenvalue weighted by molar-refractivity contribution is -0.148. The van der Waals surface area contributed by atoms with Crippen molar-refractivity contribution in [3.8, 4) is 0 Å². The van der Waals surface area contributed by atoms with Gasteiger partial charge in [0.15, 0.2) is 9.84 Å². The van der Waals surface area contributed by atoms with Crippen molar-refractivity contribution < 1.29 is 23.1 Å². The summed E-state index contributed by atoms with van der Waals surface area (Å²) in [6.45, 7) is 2.89. The molecule has 0 aliphatic heterocycles. The van der Waals surface area contributed by atoms with Gasteiger partial charge in [0.2, 0.25) is 5.91 Å². The van der Waals surface area contributed by atoms with Crippen LogP contribution in [0.4, 0.5) is 5.69 Å². The molecule has 1 amide bonds. The van der Waals surface area contributed by atoms with Crippen molar-refractivity contribution in [3.05, 3.63) is 24.3 Å². The number of anilines is 1. The standard InChI is InChI=1S/C13H17NO5S/c1-13(2,12(16)17)8-11(15)14-9-5-4-6-10(7-9)20(3,18)19/h4-7H,8H2,1-3H3,(H,14,15)(H,16,17). The molecule has 1 aromatic rings. The Kier molecular flexibility index (Phi) is 4.54. The van der Waals surface area contributed by atoms with Gasteiger partial charge in [0.25, 0.3) is 0 Å². The fourth-order valence-corrected chi connectivity index (χ4v) is 2.15. The summed E-state index contributed by atoms with van der Waals surface area (Å²) in [7, 11) is -3.36. The summed E-state index contributed by atoms with van der Waals surface area (Å²) in [6, 6.07) is 5.81. The number of amides is 1. The van der Waals surface area contributed by atoms with Gasteiger partial charge in [0.1, 0.15) is 0 Å². The molecule has 2 N–H and O–H groups in total. The molecule has 0 aliphatic carbocycles. The first kappa shape index (κ1) is 16.2. The highest BCUT2D eigenvalue weighted by Gasteiger charge is 2.30. The minimum atomic E-state index is -3.36. The number of hydrogen-bond donors (Lipinski definition) is 2. The van der Waals surface area contributed by atoms with Gasteiger partial charge in [-0.2, -0.15) is 0 Å². The number of sulfone groups is 1. The average molecular weight is 299 g/mol. The zero-order chi connectivity index (χ0) is 15.6. The van der Waals surface area contributed by atoms with E-state index in [1.807, 2.05) is 0 Å². The molecular formula is C13H17NO5S. The zero-order valence-electron chi connectivity index (χ0n) is 11.5. The molecule has 20 heavy (non-hydrogen) atoms. The molecule has 0 aliphatic rings. The minimum Gasteiger partial charge on any atom is -0.481 e. The van der Waals surface area contributed by atoms with Gasteiger partial charge in [-0.25, -0.2) is 8.42 Å². The number of hydrogen-bond acceptors (Lipinski definition) is 4. The maximum Gasteiger partial charge on any atom is 0.309 e. The predicted molar refractivity (Wildman–Crippen MR) is 74.2 cm³/mol.